The molecule has 0 bridgehead atoms. The lowest BCUT2D eigenvalue weighted by atomic mass is 10.0. The summed E-state index contributed by atoms with van der Waals surface area (Å²) in [6, 6.07) is 8.84. The molecule has 0 aliphatic carbocycles. The average Bonchev–Trinajstić information content (AvgIpc) is 2.41. The Morgan fingerprint density at radius 2 is 1.90 bits per heavy atom. The Balaban J connectivity index is 2.49. The quantitative estimate of drug-likeness (QED) is 0.875. The maximum absolute atomic E-state index is 12.3. The van der Waals surface area contributed by atoms with Crippen molar-refractivity contribution in [2.45, 2.75) is 32.0 Å². The van der Waals surface area contributed by atoms with E-state index >= 15 is 0 Å². The van der Waals surface area contributed by atoms with Gasteiger partial charge in [-0.15, -0.1) is 0 Å². The van der Waals surface area contributed by atoms with Crippen LogP contribution in [0.4, 0.5) is 13.2 Å². The molecule has 0 saturated carbocycles. The molecule has 0 saturated heterocycles. The Hall–Kier alpha value is -1.56. The van der Waals surface area contributed by atoms with Crippen LogP contribution in [0.1, 0.15) is 31.4 Å². The third-order valence-corrected chi connectivity index (χ3v) is 3.00. The van der Waals surface area contributed by atoms with Gasteiger partial charge in [-0.05, 0) is 18.9 Å². The van der Waals surface area contributed by atoms with Crippen molar-refractivity contribution in [1.82, 2.24) is 4.90 Å². The van der Waals surface area contributed by atoms with Gasteiger partial charge in [-0.2, -0.15) is 13.2 Å². The number of halogens is 3. The van der Waals surface area contributed by atoms with Crippen molar-refractivity contribution in [3.8, 4) is 0 Å². The second-order valence-corrected chi connectivity index (χ2v) is 4.58. The van der Waals surface area contributed by atoms with E-state index in [1.165, 1.54) is 6.92 Å². The van der Waals surface area contributed by atoms with Gasteiger partial charge < -0.3 is 10.6 Å². The van der Waals surface area contributed by atoms with Crippen LogP contribution >= 0.6 is 0 Å². The van der Waals surface area contributed by atoms with Gasteiger partial charge in [-0.3, -0.25) is 4.79 Å². The van der Waals surface area contributed by atoms with E-state index in [0.717, 1.165) is 10.5 Å². The van der Waals surface area contributed by atoms with Crippen molar-refractivity contribution in [3.05, 3.63) is 35.9 Å². The number of hydrogen-bond donors (Lipinski definition) is 1. The van der Waals surface area contributed by atoms with Crippen LogP contribution in [-0.2, 0) is 4.79 Å². The number of alkyl halides is 3. The highest BCUT2D eigenvalue weighted by Crippen LogP contribution is 2.19. The average molecular weight is 288 g/mol. The summed E-state index contributed by atoms with van der Waals surface area (Å²) in [4.78, 5) is 12.6. The molecule has 1 aromatic rings. The van der Waals surface area contributed by atoms with E-state index in [0.29, 0.717) is 6.42 Å². The maximum Gasteiger partial charge on any atom is 0.406 e. The Morgan fingerprint density at radius 1 is 1.30 bits per heavy atom. The molecule has 0 fully saturated rings. The summed E-state index contributed by atoms with van der Waals surface area (Å²) < 4.78 is 36.9. The normalized spacial score (nSPS) is 13.1. The summed E-state index contributed by atoms with van der Waals surface area (Å²) in [5.74, 6) is -0.517. The highest BCUT2D eigenvalue weighted by atomic mass is 19.4. The second kappa shape index (κ2) is 7.28. The van der Waals surface area contributed by atoms with E-state index in [4.69, 9.17) is 5.73 Å². The van der Waals surface area contributed by atoms with Gasteiger partial charge in [-0.25, -0.2) is 0 Å². The van der Waals surface area contributed by atoms with Gasteiger partial charge in [0.1, 0.15) is 6.54 Å². The van der Waals surface area contributed by atoms with Gasteiger partial charge in [0.2, 0.25) is 5.91 Å². The first kappa shape index (κ1) is 16.5. The molecule has 1 unspecified atom stereocenters. The highest BCUT2D eigenvalue weighted by Gasteiger charge is 2.32. The van der Waals surface area contributed by atoms with Crippen LogP contribution in [0, 0.1) is 0 Å². The van der Waals surface area contributed by atoms with E-state index in [-0.39, 0.29) is 19.0 Å². The smallest absolute Gasteiger partial charge is 0.334 e. The van der Waals surface area contributed by atoms with Crippen molar-refractivity contribution >= 4 is 5.91 Å². The lowest BCUT2D eigenvalue weighted by molar-refractivity contribution is -0.160. The Kier molecular flexibility index (Phi) is 6.01. The van der Waals surface area contributed by atoms with Crippen molar-refractivity contribution in [1.29, 1.82) is 0 Å². The van der Waals surface area contributed by atoms with Crippen molar-refractivity contribution in [2.24, 2.45) is 5.73 Å². The van der Waals surface area contributed by atoms with E-state index in [1.807, 2.05) is 30.3 Å². The summed E-state index contributed by atoms with van der Waals surface area (Å²) in [5, 5.41) is 0. The number of hydrogen-bond acceptors (Lipinski definition) is 2. The molecule has 1 rings (SSSR count). The SMILES string of the molecule is CCN(CC(F)(F)F)C(=O)CCC(N)c1ccccc1. The number of amides is 1. The molecule has 0 aliphatic heterocycles. The summed E-state index contributed by atoms with van der Waals surface area (Å²) in [7, 11) is 0. The summed E-state index contributed by atoms with van der Waals surface area (Å²) >= 11 is 0. The molecular weight excluding hydrogens is 269 g/mol. The van der Waals surface area contributed by atoms with Gasteiger partial charge in [-0.1, -0.05) is 30.3 Å². The molecule has 1 atom stereocenters. The molecule has 112 valence electrons. The molecule has 0 heterocycles. The molecule has 1 aromatic carbocycles. The zero-order chi connectivity index (χ0) is 15.2. The number of carbonyl (C=O) groups is 1. The fraction of sp³-hybridized carbons (Fsp3) is 0.500. The lowest BCUT2D eigenvalue weighted by Crippen LogP contribution is -2.38. The van der Waals surface area contributed by atoms with E-state index < -0.39 is 18.6 Å². The number of nitrogens with zero attached hydrogens (tertiary/aromatic N) is 1. The molecule has 6 heteroatoms. The molecule has 0 spiro atoms. The lowest BCUT2D eigenvalue weighted by Gasteiger charge is -2.23. The van der Waals surface area contributed by atoms with Crippen LogP contribution in [0.5, 0.6) is 0 Å². The molecule has 2 N–H and O–H groups in total. The van der Waals surface area contributed by atoms with Crippen LogP contribution < -0.4 is 5.73 Å². The fourth-order valence-electron chi connectivity index (χ4n) is 1.90. The number of nitrogens with two attached hydrogens (primary N) is 1. The van der Waals surface area contributed by atoms with Crippen LogP contribution in [0.15, 0.2) is 30.3 Å². The van der Waals surface area contributed by atoms with Gasteiger partial charge in [0.05, 0.1) is 0 Å². The van der Waals surface area contributed by atoms with E-state index in [1.54, 1.807) is 0 Å². The first-order valence-corrected chi connectivity index (χ1v) is 6.48. The minimum atomic E-state index is -4.37. The van der Waals surface area contributed by atoms with Crippen molar-refractivity contribution in [2.75, 3.05) is 13.1 Å². The molecule has 0 aliphatic rings. The monoisotopic (exact) mass is 288 g/mol. The van der Waals surface area contributed by atoms with E-state index in [2.05, 4.69) is 0 Å². The zero-order valence-electron chi connectivity index (χ0n) is 11.4. The first-order valence-electron chi connectivity index (χ1n) is 6.48. The van der Waals surface area contributed by atoms with Gasteiger partial charge >= 0.3 is 6.18 Å². The Morgan fingerprint density at radius 3 is 2.40 bits per heavy atom. The summed E-state index contributed by atoms with van der Waals surface area (Å²) in [5.41, 5.74) is 6.79. The second-order valence-electron chi connectivity index (χ2n) is 4.58. The predicted molar refractivity (Wildman–Crippen MR) is 70.9 cm³/mol. The van der Waals surface area contributed by atoms with Crippen LogP contribution in [0.2, 0.25) is 0 Å². The topological polar surface area (TPSA) is 46.3 Å². The molecule has 0 radical (unpaired) electrons. The summed E-state index contributed by atoms with van der Waals surface area (Å²) in [6.07, 6.45) is -4.02. The predicted octanol–water partition coefficient (Wildman–Crippen LogP) is 2.88. The zero-order valence-corrected chi connectivity index (χ0v) is 11.4. The molecule has 0 aromatic heterocycles. The van der Waals surface area contributed by atoms with Gasteiger partial charge in [0, 0.05) is 19.0 Å². The van der Waals surface area contributed by atoms with Crippen LogP contribution in [0.3, 0.4) is 0 Å². The third kappa shape index (κ3) is 5.61. The minimum absolute atomic E-state index is 0.0139. The Bertz CT molecular complexity index is 420. The standard InChI is InChI=1S/C14H19F3N2O/c1-2-19(10-14(15,16)17)13(20)9-8-12(18)11-6-4-3-5-7-11/h3-7,12H,2,8-10,18H2,1H3. The fourth-order valence-corrected chi connectivity index (χ4v) is 1.90. The number of benzene rings is 1. The van der Waals surface area contributed by atoms with Crippen LogP contribution in [-0.4, -0.2) is 30.1 Å². The summed E-state index contributed by atoms with van der Waals surface area (Å²) in [6.45, 7) is 0.364. The van der Waals surface area contributed by atoms with Crippen molar-refractivity contribution in [3.63, 3.8) is 0 Å². The highest BCUT2D eigenvalue weighted by molar-refractivity contribution is 5.76. The Labute approximate surface area is 116 Å². The number of rotatable bonds is 6. The maximum atomic E-state index is 12.3. The van der Waals surface area contributed by atoms with Gasteiger partial charge in [0.25, 0.3) is 0 Å². The van der Waals surface area contributed by atoms with E-state index in [9.17, 15) is 18.0 Å². The van der Waals surface area contributed by atoms with Crippen LogP contribution in [0.25, 0.3) is 0 Å². The third-order valence-electron chi connectivity index (χ3n) is 3.00. The largest absolute Gasteiger partial charge is 0.406 e. The molecular formula is C14H19F3N2O. The number of carbonyl (C=O) groups excluding carboxylic acids is 1. The molecule has 20 heavy (non-hydrogen) atoms. The molecule has 3 nitrogen and oxygen atoms in total. The molecule has 1 amide bonds. The van der Waals surface area contributed by atoms with Gasteiger partial charge in [0.15, 0.2) is 0 Å². The first-order chi connectivity index (χ1) is 9.33. The van der Waals surface area contributed by atoms with Crippen molar-refractivity contribution < 1.29 is 18.0 Å². The minimum Gasteiger partial charge on any atom is -0.334 e.